The van der Waals surface area contributed by atoms with Crippen molar-refractivity contribution in [2.75, 3.05) is 14.2 Å². The molecule has 0 spiro atoms. The molecule has 1 N–H and O–H groups in total. The van der Waals surface area contributed by atoms with Crippen molar-refractivity contribution in [1.82, 2.24) is 5.32 Å². The van der Waals surface area contributed by atoms with Crippen LogP contribution in [-0.4, -0.2) is 20.3 Å². The van der Waals surface area contributed by atoms with E-state index in [1.165, 1.54) is 10.4 Å². The summed E-state index contributed by atoms with van der Waals surface area (Å²) >= 11 is 1.79. The van der Waals surface area contributed by atoms with E-state index in [0.29, 0.717) is 12.0 Å². The monoisotopic (exact) mass is 227 g/mol. The van der Waals surface area contributed by atoms with Crippen molar-refractivity contribution in [3.8, 4) is 0 Å². The Kier molecular flexibility index (Phi) is 4.77. The Morgan fingerprint density at radius 1 is 1.40 bits per heavy atom. The summed E-state index contributed by atoms with van der Waals surface area (Å²) in [7, 11) is 3.78. The molecule has 2 atom stereocenters. The van der Waals surface area contributed by atoms with E-state index in [1.54, 1.807) is 18.4 Å². The maximum absolute atomic E-state index is 5.59. The van der Waals surface area contributed by atoms with Crippen LogP contribution in [0.4, 0.5) is 0 Å². The molecule has 1 aromatic heterocycles. The summed E-state index contributed by atoms with van der Waals surface area (Å²) in [6.45, 7) is 6.55. The van der Waals surface area contributed by atoms with E-state index in [-0.39, 0.29) is 6.10 Å². The van der Waals surface area contributed by atoms with E-state index < -0.39 is 0 Å². The highest BCUT2D eigenvalue weighted by Gasteiger charge is 2.25. The van der Waals surface area contributed by atoms with Gasteiger partial charge in [0, 0.05) is 12.0 Å². The van der Waals surface area contributed by atoms with E-state index in [2.05, 4.69) is 37.5 Å². The summed E-state index contributed by atoms with van der Waals surface area (Å²) in [5.41, 5.74) is 1.36. The van der Waals surface area contributed by atoms with Crippen LogP contribution >= 0.6 is 11.3 Å². The molecule has 15 heavy (non-hydrogen) atoms. The highest BCUT2D eigenvalue weighted by Crippen LogP contribution is 2.29. The average Bonchev–Trinajstić information content (AvgIpc) is 2.60. The van der Waals surface area contributed by atoms with Gasteiger partial charge in [-0.05, 0) is 36.9 Å². The number of ether oxygens (including phenoxy) is 1. The van der Waals surface area contributed by atoms with E-state index in [4.69, 9.17) is 4.74 Å². The molecule has 1 aromatic rings. The van der Waals surface area contributed by atoms with Gasteiger partial charge in [0.2, 0.25) is 0 Å². The van der Waals surface area contributed by atoms with Crippen LogP contribution in [0.1, 0.15) is 30.3 Å². The minimum absolute atomic E-state index is 0.225. The third-order valence-corrected chi connectivity index (χ3v) is 3.66. The molecule has 0 aromatic carbocycles. The van der Waals surface area contributed by atoms with Crippen LogP contribution in [0.3, 0.4) is 0 Å². The van der Waals surface area contributed by atoms with Gasteiger partial charge in [0.1, 0.15) is 0 Å². The molecule has 0 aliphatic heterocycles. The van der Waals surface area contributed by atoms with Gasteiger partial charge in [-0.3, -0.25) is 0 Å². The van der Waals surface area contributed by atoms with Gasteiger partial charge in [-0.1, -0.05) is 13.8 Å². The van der Waals surface area contributed by atoms with Crippen LogP contribution in [0.15, 0.2) is 11.4 Å². The first-order valence-corrected chi connectivity index (χ1v) is 6.23. The molecule has 2 nitrogen and oxygen atoms in total. The average molecular weight is 227 g/mol. The lowest BCUT2D eigenvalue weighted by Gasteiger charge is -2.29. The van der Waals surface area contributed by atoms with Crippen molar-refractivity contribution in [1.29, 1.82) is 0 Å². The fraction of sp³-hybridized carbons (Fsp3) is 0.667. The molecule has 0 saturated heterocycles. The van der Waals surface area contributed by atoms with E-state index in [9.17, 15) is 0 Å². The standard InChI is InChI=1S/C12H21NOS/c1-8(2)12(14-5)11(13-4)10-6-7-15-9(10)3/h6-8,11-13H,1-5H3. The quantitative estimate of drug-likeness (QED) is 0.835. The van der Waals surface area contributed by atoms with Gasteiger partial charge in [0.15, 0.2) is 0 Å². The highest BCUT2D eigenvalue weighted by atomic mass is 32.1. The number of hydrogen-bond donors (Lipinski definition) is 1. The molecular formula is C12H21NOS. The maximum atomic E-state index is 5.59. The molecule has 0 saturated carbocycles. The number of methoxy groups -OCH3 is 1. The van der Waals surface area contributed by atoms with Crippen LogP contribution in [0.25, 0.3) is 0 Å². The van der Waals surface area contributed by atoms with Crippen molar-refractivity contribution in [3.05, 3.63) is 21.9 Å². The lowest BCUT2D eigenvalue weighted by Crippen LogP contribution is -2.34. The third-order valence-electron chi connectivity index (χ3n) is 2.80. The van der Waals surface area contributed by atoms with E-state index >= 15 is 0 Å². The molecule has 1 rings (SSSR count). The first kappa shape index (κ1) is 12.7. The topological polar surface area (TPSA) is 21.3 Å². The molecule has 86 valence electrons. The summed E-state index contributed by atoms with van der Waals surface area (Å²) < 4.78 is 5.59. The van der Waals surface area contributed by atoms with Gasteiger partial charge in [-0.2, -0.15) is 0 Å². The lowest BCUT2D eigenvalue weighted by atomic mass is 9.94. The molecule has 0 aliphatic carbocycles. The van der Waals surface area contributed by atoms with Crippen molar-refractivity contribution < 1.29 is 4.74 Å². The van der Waals surface area contributed by atoms with Gasteiger partial charge in [-0.15, -0.1) is 11.3 Å². The molecule has 2 unspecified atom stereocenters. The minimum atomic E-state index is 0.225. The second-order valence-corrected chi connectivity index (χ2v) is 5.26. The third kappa shape index (κ3) is 2.80. The van der Waals surface area contributed by atoms with Gasteiger partial charge in [0.25, 0.3) is 0 Å². The molecule has 1 heterocycles. The smallest absolute Gasteiger partial charge is 0.0789 e. The Hall–Kier alpha value is -0.380. The predicted molar refractivity (Wildman–Crippen MR) is 66.5 cm³/mol. The van der Waals surface area contributed by atoms with Gasteiger partial charge < -0.3 is 10.1 Å². The number of aryl methyl sites for hydroxylation is 1. The van der Waals surface area contributed by atoms with Crippen molar-refractivity contribution in [2.24, 2.45) is 5.92 Å². The van der Waals surface area contributed by atoms with Crippen molar-refractivity contribution >= 4 is 11.3 Å². The van der Waals surface area contributed by atoms with Crippen LogP contribution in [-0.2, 0) is 4.74 Å². The summed E-state index contributed by atoms with van der Waals surface area (Å²) in [5, 5.41) is 5.50. The Labute approximate surface area is 96.7 Å². The first-order valence-electron chi connectivity index (χ1n) is 5.35. The Morgan fingerprint density at radius 2 is 2.07 bits per heavy atom. The largest absolute Gasteiger partial charge is 0.379 e. The second-order valence-electron chi connectivity index (χ2n) is 4.14. The van der Waals surface area contributed by atoms with Crippen molar-refractivity contribution in [2.45, 2.75) is 32.9 Å². The zero-order chi connectivity index (χ0) is 11.4. The zero-order valence-electron chi connectivity index (χ0n) is 10.2. The maximum Gasteiger partial charge on any atom is 0.0789 e. The van der Waals surface area contributed by atoms with Gasteiger partial charge >= 0.3 is 0 Å². The number of nitrogens with one attached hydrogen (secondary N) is 1. The normalized spacial score (nSPS) is 15.6. The summed E-state index contributed by atoms with van der Waals surface area (Å²) in [4.78, 5) is 1.37. The predicted octanol–water partition coefficient (Wildman–Crippen LogP) is 2.99. The number of rotatable bonds is 5. The van der Waals surface area contributed by atoms with Crippen LogP contribution in [0.2, 0.25) is 0 Å². The number of hydrogen-bond acceptors (Lipinski definition) is 3. The highest BCUT2D eigenvalue weighted by molar-refractivity contribution is 7.10. The zero-order valence-corrected chi connectivity index (χ0v) is 11.0. The number of thiophene rings is 1. The van der Waals surface area contributed by atoms with Crippen molar-refractivity contribution in [3.63, 3.8) is 0 Å². The molecule has 0 bridgehead atoms. The molecule has 0 fully saturated rings. The molecule has 3 heteroatoms. The van der Waals surface area contributed by atoms with Gasteiger partial charge in [0.05, 0.1) is 12.1 Å². The van der Waals surface area contributed by atoms with E-state index in [0.717, 1.165) is 0 Å². The SMILES string of the molecule is CNC(c1ccsc1C)C(OC)C(C)C. The first-order chi connectivity index (χ1) is 7.11. The Morgan fingerprint density at radius 3 is 2.40 bits per heavy atom. The number of likely N-dealkylation sites (N-methyl/N-ethyl adjacent to an activating group) is 1. The molecule has 0 aliphatic rings. The lowest BCUT2D eigenvalue weighted by molar-refractivity contribution is 0.0348. The summed E-state index contributed by atoms with van der Waals surface area (Å²) in [6.07, 6.45) is 0.225. The van der Waals surface area contributed by atoms with Crippen LogP contribution < -0.4 is 5.32 Å². The fourth-order valence-corrected chi connectivity index (χ4v) is 2.76. The summed E-state index contributed by atoms with van der Waals surface area (Å²) in [5.74, 6) is 0.506. The molecular weight excluding hydrogens is 206 g/mol. The minimum Gasteiger partial charge on any atom is -0.379 e. The molecule has 0 radical (unpaired) electrons. The van der Waals surface area contributed by atoms with Crippen LogP contribution in [0, 0.1) is 12.8 Å². The van der Waals surface area contributed by atoms with Crippen LogP contribution in [0.5, 0.6) is 0 Å². The second kappa shape index (κ2) is 5.64. The Balaban J connectivity index is 2.92. The summed E-state index contributed by atoms with van der Waals surface area (Å²) in [6, 6.07) is 2.48. The van der Waals surface area contributed by atoms with Gasteiger partial charge in [-0.25, -0.2) is 0 Å². The molecule has 0 amide bonds. The fourth-order valence-electron chi connectivity index (χ4n) is 2.01. The van der Waals surface area contributed by atoms with E-state index in [1.807, 2.05) is 7.05 Å². The Bertz CT molecular complexity index is 296.